The molecule has 0 aliphatic heterocycles. The Morgan fingerprint density at radius 3 is 2.31 bits per heavy atom. The Hall–Kier alpha value is -0.820. The van der Waals surface area contributed by atoms with Crippen molar-refractivity contribution in [1.29, 1.82) is 0 Å². The van der Waals surface area contributed by atoms with Gasteiger partial charge in [-0.1, -0.05) is 32.9 Å². The Kier molecular flexibility index (Phi) is 3.10. The van der Waals surface area contributed by atoms with Gasteiger partial charge in [0, 0.05) is 6.07 Å². The lowest BCUT2D eigenvalue weighted by atomic mass is 9.78. The summed E-state index contributed by atoms with van der Waals surface area (Å²) in [5, 5.41) is 0. The second kappa shape index (κ2) is 3.93. The predicted molar refractivity (Wildman–Crippen MR) is 56.9 cm³/mol. The summed E-state index contributed by atoms with van der Waals surface area (Å²) < 4.78 is 0. The molecule has 13 heavy (non-hydrogen) atoms. The van der Waals surface area contributed by atoms with Crippen molar-refractivity contribution in [2.75, 3.05) is 0 Å². The van der Waals surface area contributed by atoms with E-state index in [0.717, 1.165) is 5.69 Å². The van der Waals surface area contributed by atoms with Crippen LogP contribution in [0.4, 0.5) is 5.69 Å². The number of hydrogen-bond donors (Lipinski definition) is 1. The minimum absolute atomic E-state index is 0.327. The molecule has 0 saturated heterocycles. The van der Waals surface area contributed by atoms with Crippen molar-refractivity contribution in [2.24, 2.45) is 0 Å². The monoisotopic (exact) mass is 178 g/mol. The van der Waals surface area contributed by atoms with Crippen molar-refractivity contribution >= 4 is 5.69 Å². The normalized spacial score (nSPS) is 11.7. The molecule has 0 aliphatic rings. The summed E-state index contributed by atoms with van der Waals surface area (Å²) in [5.74, 6) is 0. The third kappa shape index (κ3) is 2.10. The molecule has 1 heteroatoms. The van der Waals surface area contributed by atoms with Gasteiger partial charge in [-0.2, -0.15) is 0 Å². The molecule has 1 nitrogen and oxygen atoms in total. The first-order valence-corrected chi connectivity index (χ1v) is 5.05. The van der Waals surface area contributed by atoms with E-state index in [1.807, 2.05) is 0 Å². The number of quaternary nitrogens is 1. The van der Waals surface area contributed by atoms with Gasteiger partial charge in [0.2, 0.25) is 0 Å². The molecule has 0 fully saturated rings. The van der Waals surface area contributed by atoms with E-state index in [4.69, 9.17) is 0 Å². The Morgan fingerprint density at radius 1 is 1.23 bits per heavy atom. The molecule has 1 aromatic carbocycles. The Morgan fingerprint density at radius 2 is 1.85 bits per heavy atom. The van der Waals surface area contributed by atoms with Gasteiger partial charge in [-0.25, -0.2) is 0 Å². The molecule has 0 spiro atoms. The number of hydrogen-bond acceptors (Lipinski definition) is 0. The van der Waals surface area contributed by atoms with E-state index >= 15 is 0 Å². The molecule has 0 saturated carbocycles. The number of benzene rings is 1. The summed E-state index contributed by atoms with van der Waals surface area (Å²) in [6.07, 6.45) is 2.37. The highest BCUT2D eigenvalue weighted by atomic mass is 14.5. The average molecular weight is 178 g/mol. The molecule has 1 rings (SSSR count). The Balaban J connectivity index is 3.05. The molecular weight excluding hydrogens is 158 g/mol. The van der Waals surface area contributed by atoms with E-state index in [1.165, 1.54) is 18.4 Å². The van der Waals surface area contributed by atoms with Crippen molar-refractivity contribution in [3.63, 3.8) is 0 Å². The minimum Gasteiger partial charge on any atom is -0.325 e. The highest BCUT2D eigenvalue weighted by Gasteiger charge is 2.22. The van der Waals surface area contributed by atoms with Gasteiger partial charge in [0.25, 0.3) is 0 Å². The largest absolute Gasteiger partial charge is 0.325 e. The van der Waals surface area contributed by atoms with Crippen LogP contribution in [0.5, 0.6) is 0 Å². The lowest BCUT2D eigenvalue weighted by molar-refractivity contribution is -0.254. The van der Waals surface area contributed by atoms with E-state index in [0.29, 0.717) is 5.41 Å². The maximum atomic E-state index is 3.96. The zero-order chi connectivity index (χ0) is 9.90. The number of rotatable bonds is 3. The molecule has 0 unspecified atom stereocenters. The van der Waals surface area contributed by atoms with Crippen molar-refractivity contribution in [2.45, 2.75) is 39.0 Å². The van der Waals surface area contributed by atoms with Gasteiger partial charge < -0.3 is 5.73 Å². The highest BCUT2D eigenvalue weighted by molar-refractivity contribution is 5.36. The summed E-state index contributed by atoms with van der Waals surface area (Å²) in [7, 11) is 0. The van der Waals surface area contributed by atoms with Gasteiger partial charge >= 0.3 is 0 Å². The summed E-state index contributed by atoms with van der Waals surface area (Å²) in [6, 6.07) is 8.56. The fourth-order valence-electron chi connectivity index (χ4n) is 1.61. The van der Waals surface area contributed by atoms with Crippen LogP contribution < -0.4 is 5.73 Å². The van der Waals surface area contributed by atoms with Gasteiger partial charge in [0.1, 0.15) is 5.69 Å². The topological polar surface area (TPSA) is 27.6 Å². The molecule has 0 aromatic heterocycles. The van der Waals surface area contributed by atoms with E-state index in [9.17, 15) is 0 Å². The second-order valence-corrected chi connectivity index (χ2v) is 3.97. The van der Waals surface area contributed by atoms with Gasteiger partial charge in [0.05, 0.1) is 0 Å². The fourth-order valence-corrected chi connectivity index (χ4v) is 1.61. The SMILES string of the molecule is CCC(C)(CC)c1cccc([NH3+])c1. The van der Waals surface area contributed by atoms with Gasteiger partial charge in [0.15, 0.2) is 0 Å². The maximum absolute atomic E-state index is 3.96. The van der Waals surface area contributed by atoms with Crippen LogP contribution >= 0.6 is 0 Å². The smallest absolute Gasteiger partial charge is 0.128 e. The van der Waals surface area contributed by atoms with Crippen LogP contribution in [0.1, 0.15) is 39.2 Å². The summed E-state index contributed by atoms with van der Waals surface area (Å²) in [5.41, 5.74) is 6.83. The first-order valence-electron chi connectivity index (χ1n) is 5.05. The van der Waals surface area contributed by atoms with E-state index in [1.54, 1.807) is 0 Å². The Bertz CT molecular complexity index is 274. The van der Waals surface area contributed by atoms with Crippen LogP contribution in [0.25, 0.3) is 0 Å². The summed E-state index contributed by atoms with van der Waals surface area (Å²) in [6.45, 7) is 6.82. The van der Waals surface area contributed by atoms with E-state index < -0.39 is 0 Å². The third-order valence-corrected chi connectivity index (χ3v) is 3.18. The first-order chi connectivity index (χ1) is 6.12. The lowest BCUT2D eigenvalue weighted by Crippen LogP contribution is -2.40. The van der Waals surface area contributed by atoms with Crippen LogP contribution in [0.3, 0.4) is 0 Å². The van der Waals surface area contributed by atoms with Crippen LogP contribution in [0, 0.1) is 0 Å². The zero-order valence-corrected chi connectivity index (χ0v) is 8.93. The molecular formula is C12H20N+. The van der Waals surface area contributed by atoms with Crippen LogP contribution in [0.15, 0.2) is 24.3 Å². The van der Waals surface area contributed by atoms with Gasteiger partial charge in [-0.05, 0) is 29.9 Å². The second-order valence-electron chi connectivity index (χ2n) is 3.97. The maximum Gasteiger partial charge on any atom is 0.128 e. The minimum atomic E-state index is 0.327. The predicted octanol–water partition coefficient (Wildman–Crippen LogP) is 2.64. The standard InChI is InChI=1S/C12H19N/c1-4-12(3,5-2)10-7-6-8-11(13)9-10/h6-9H,4-5,13H2,1-3H3/p+1. The van der Waals surface area contributed by atoms with Gasteiger partial charge in [-0.15, -0.1) is 0 Å². The van der Waals surface area contributed by atoms with Crippen molar-refractivity contribution in [3.05, 3.63) is 29.8 Å². The van der Waals surface area contributed by atoms with Crippen LogP contribution in [-0.4, -0.2) is 0 Å². The van der Waals surface area contributed by atoms with Crippen molar-refractivity contribution in [1.82, 2.24) is 0 Å². The highest BCUT2D eigenvalue weighted by Crippen LogP contribution is 2.31. The molecule has 0 aliphatic carbocycles. The Labute approximate surface area is 81.0 Å². The third-order valence-electron chi connectivity index (χ3n) is 3.18. The van der Waals surface area contributed by atoms with E-state index in [-0.39, 0.29) is 0 Å². The quantitative estimate of drug-likeness (QED) is 0.737. The molecule has 0 heterocycles. The fraction of sp³-hybridized carbons (Fsp3) is 0.500. The van der Waals surface area contributed by atoms with Gasteiger partial charge in [-0.3, -0.25) is 0 Å². The summed E-state index contributed by atoms with van der Waals surface area (Å²) >= 11 is 0. The molecule has 0 amide bonds. The van der Waals surface area contributed by atoms with Crippen molar-refractivity contribution in [3.8, 4) is 0 Å². The lowest BCUT2D eigenvalue weighted by Gasteiger charge is -2.27. The summed E-state index contributed by atoms with van der Waals surface area (Å²) in [4.78, 5) is 0. The molecule has 0 atom stereocenters. The molecule has 72 valence electrons. The molecule has 0 bridgehead atoms. The first kappa shape index (κ1) is 10.3. The van der Waals surface area contributed by atoms with Crippen LogP contribution in [0.2, 0.25) is 0 Å². The zero-order valence-electron chi connectivity index (χ0n) is 8.93. The molecule has 0 radical (unpaired) electrons. The van der Waals surface area contributed by atoms with Crippen molar-refractivity contribution < 1.29 is 5.73 Å². The molecule has 3 N–H and O–H groups in total. The average Bonchev–Trinajstić information content (AvgIpc) is 2.17. The van der Waals surface area contributed by atoms with Crippen LogP contribution in [-0.2, 0) is 5.41 Å². The van der Waals surface area contributed by atoms with E-state index in [2.05, 4.69) is 50.8 Å². The molecule has 1 aromatic rings.